The summed E-state index contributed by atoms with van der Waals surface area (Å²) in [5.74, 6) is 4.21. The molecule has 0 spiro atoms. The fourth-order valence-electron chi connectivity index (χ4n) is 1.60. The summed E-state index contributed by atoms with van der Waals surface area (Å²) in [5, 5.41) is 1.87. The third-order valence-corrected chi connectivity index (χ3v) is 3.83. The standard InChI is InChI=1S/C11H9BrF2N2S/c12-10-3-7(5-17-10)11(16-15)6-1-8(13)4-9(14)2-6/h1-5,11,16H,15H2. The third kappa shape index (κ3) is 2.90. The maximum absolute atomic E-state index is 13.1. The van der Waals surface area contributed by atoms with Gasteiger partial charge in [-0.1, -0.05) is 0 Å². The van der Waals surface area contributed by atoms with Crippen molar-refractivity contribution in [2.24, 2.45) is 5.84 Å². The minimum Gasteiger partial charge on any atom is -0.271 e. The first-order valence-corrected chi connectivity index (χ1v) is 6.43. The zero-order valence-corrected chi connectivity index (χ0v) is 11.0. The molecule has 0 amide bonds. The molecule has 90 valence electrons. The Morgan fingerprint density at radius 2 is 1.76 bits per heavy atom. The molecule has 1 atom stereocenters. The van der Waals surface area contributed by atoms with Crippen molar-refractivity contribution in [1.82, 2.24) is 5.43 Å². The highest BCUT2D eigenvalue weighted by molar-refractivity contribution is 9.11. The predicted octanol–water partition coefficient (Wildman–Crippen LogP) is 3.34. The molecule has 2 aromatic rings. The third-order valence-electron chi connectivity index (χ3n) is 2.31. The number of nitrogens with two attached hydrogens (primary N) is 1. The quantitative estimate of drug-likeness (QED) is 0.673. The van der Waals surface area contributed by atoms with Gasteiger partial charge < -0.3 is 0 Å². The smallest absolute Gasteiger partial charge is 0.126 e. The van der Waals surface area contributed by atoms with Gasteiger partial charge in [-0.3, -0.25) is 5.84 Å². The highest BCUT2D eigenvalue weighted by Gasteiger charge is 2.15. The summed E-state index contributed by atoms with van der Waals surface area (Å²) >= 11 is 4.82. The van der Waals surface area contributed by atoms with Gasteiger partial charge in [0.25, 0.3) is 0 Å². The molecule has 0 bridgehead atoms. The van der Waals surface area contributed by atoms with Gasteiger partial charge in [-0.05, 0) is 50.6 Å². The number of hydrazine groups is 1. The summed E-state index contributed by atoms with van der Waals surface area (Å²) < 4.78 is 27.2. The van der Waals surface area contributed by atoms with Gasteiger partial charge in [0, 0.05) is 6.07 Å². The topological polar surface area (TPSA) is 38.0 Å². The van der Waals surface area contributed by atoms with Gasteiger partial charge in [0.05, 0.1) is 9.83 Å². The Hall–Kier alpha value is -0.820. The molecule has 2 nitrogen and oxygen atoms in total. The number of benzene rings is 1. The van der Waals surface area contributed by atoms with E-state index in [4.69, 9.17) is 5.84 Å². The summed E-state index contributed by atoms with van der Waals surface area (Å²) in [4.78, 5) is 0. The summed E-state index contributed by atoms with van der Waals surface area (Å²) in [6.45, 7) is 0. The lowest BCUT2D eigenvalue weighted by Gasteiger charge is -2.15. The largest absolute Gasteiger partial charge is 0.271 e. The van der Waals surface area contributed by atoms with E-state index in [1.807, 2.05) is 11.4 Å². The first-order valence-electron chi connectivity index (χ1n) is 4.76. The molecule has 3 N–H and O–H groups in total. The molecule has 6 heteroatoms. The molecule has 1 heterocycles. The molecule has 0 radical (unpaired) electrons. The van der Waals surface area contributed by atoms with Crippen molar-refractivity contribution in [3.8, 4) is 0 Å². The van der Waals surface area contributed by atoms with E-state index in [2.05, 4.69) is 21.4 Å². The van der Waals surface area contributed by atoms with Crippen molar-refractivity contribution in [2.75, 3.05) is 0 Å². The number of thiophene rings is 1. The van der Waals surface area contributed by atoms with Crippen molar-refractivity contribution >= 4 is 27.3 Å². The van der Waals surface area contributed by atoms with Crippen molar-refractivity contribution in [2.45, 2.75) is 6.04 Å². The molecule has 0 saturated heterocycles. The average Bonchev–Trinajstić information content (AvgIpc) is 2.64. The molecule has 1 unspecified atom stereocenters. The van der Waals surface area contributed by atoms with Crippen LogP contribution in [0.5, 0.6) is 0 Å². The van der Waals surface area contributed by atoms with Crippen LogP contribution in [0.3, 0.4) is 0 Å². The van der Waals surface area contributed by atoms with Crippen molar-refractivity contribution < 1.29 is 8.78 Å². The number of hydrogen-bond acceptors (Lipinski definition) is 3. The van der Waals surface area contributed by atoms with Crippen molar-refractivity contribution in [3.05, 3.63) is 56.2 Å². The number of rotatable bonds is 3. The lowest BCUT2D eigenvalue weighted by atomic mass is 10.0. The van der Waals surface area contributed by atoms with E-state index in [1.165, 1.54) is 23.5 Å². The molecular formula is C11H9BrF2N2S. The Balaban J connectivity index is 2.41. The van der Waals surface area contributed by atoms with Crippen LogP contribution in [-0.4, -0.2) is 0 Å². The molecule has 0 aliphatic heterocycles. The van der Waals surface area contributed by atoms with E-state index in [9.17, 15) is 8.78 Å². The molecule has 1 aromatic heterocycles. The Morgan fingerprint density at radius 1 is 1.12 bits per heavy atom. The van der Waals surface area contributed by atoms with Crippen LogP contribution in [0.1, 0.15) is 17.2 Å². The summed E-state index contributed by atoms with van der Waals surface area (Å²) in [7, 11) is 0. The minimum absolute atomic E-state index is 0.428. The highest BCUT2D eigenvalue weighted by atomic mass is 79.9. The lowest BCUT2D eigenvalue weighted by molar-refractivity contribution is 0.566. The average molecular weight is 319 g/mol. The van der Waals surface area contributed by atoms with Gasteiger partial charge in [-0.2, -0.15) is 0 Å². The van der Waals surface area contributed by atoms with Gasteiger partial charge in [0.1, 0.15) is 11.6 Å². The van der Waals surface area contributed by atoms with E-state index in [0.717, 1.165) is 15.4 Å². The fraction of sp³-hybridized carbons (Fsp3) is 0.0909. The minimum atomic E-state index is -0.616. The van der Waals surface area contributed by atoms with Crippen LogP contribution in [0, 0.1) is 11.6 Å². The molecular weight excluding hydrogens is 310 g/mol. The number of hydrogen-bond donors (Lipinski definition) is 2. The summed E-state index contributed by atoms with van der Waals surface area (Å²) in [5.41, 5.74) is 3.86. The van der Waals surface area contributed by atoms with Crippen LogP contribution in [0.15, 0.2) is 33.4 Å². The number of halogens is 3. The van der Waals surface area contributed by atoms with E-state index in [-0.39, 0.29) is 0 Å². The molecule has 0 aliphatic carbocycles. The van der Waals surface area contributed by atoms with Crippen molar-refractivity contribution in [1.29, 1.82) is 0 Å². The van der Waals surface area contributed by atoms with Crippen LogP contribution in [0.2, 0.25) is 0 Å². The van der Waals surface area contributed by atoms with Gasteiger partial charge in [0.15, 0.2) is 0 Å². The Bertz CT molecular complexity index is 510. The van der Waals surface area contributed by atoms with E-state index in [1.54, 1.807) is 0 Å². The molecule has 0 fully saturated rings. The van der Waals surface area contributed by atoms with Crippen LogP contribution in [0.25, 0.3) is 0 Å². The zero-order chi connectivity index (χ0) is 12.4. The van der Waals surface area contributed by atoms with Crippen molar-refractivity contribution in [3.63, 3.8) is 0 Å². The monoisotopic (exact) mass is 318 g/mol. The van der Waals surface area contributed by atoms with Crippen LogP contribution in [0.4, 0.5) is 8.78 Å². The normalized spacial score (nSPS) is 12.7. The Labute approximate surface area is 110 Å². The van der Waals surface area contributed by atoms with Crippen LogP contribution in [-0.2, 0) is 0 Å². The molecule has 17 heavy (non-hydrogen) atoms. The predicted molar refractivity (Wildman–Crippen MR) is 67.5 cm³/mol. The maximum Gasteiger partial charge on any atom is 0.126 e. The molecule has 0 aliphatic rings. The summed E-state index contributed by atoms with van der Waals surface area (Å²) in [6.07, 6.45) is 0. The van der Waals surface area contributed by atoms with E-state index >= 15 is 0 Å². The second-order valence-corrected chi connectivity index (χ2v) is 5.78. The Kier molecular flexibility index (Phi) is 3.88. The van der Waals surface area contributed by atoms with Crippen LogP contribution >= 0.6 is 27.3 Å². The van der Waals surface area contributed by atoms with E-state index < -0.39 is 17.7 Å². The second kappa shape index (κ2) is 5.22. The van der Waals surface area contributed by atoms with Gasteiger partial charge in [-0.15, -0.1) is 11.3 Å². The fourth-order valence-corrected chi connectivity index (χ4v) is 2.80. The summed E-state index contributed by atoms with van der Waals surface area (Å²) in [6, 6.07) is 4.79. The molecule has 1 aromatic carbocycles. The van der Waals surface area contributed by atoms with Crippen LogP contribution < -0.4 is 11.3 Å². The maximum atomic E-state index is 13.1. The SMILES string of the molecule is NNC(c1cc(F)cc(F)c1)c1csc(Br)c1. The highest BCUT2D eigenvalue weighted by Crippen LogP contribution is 2.29. The van der Waals surface area contributed by atoms with Gasteiger partial charge in [-0.25, -0.2) is 14.2 Å². The van der Waals surface area contributed by atoms with Gasteiger partial charge >= 0.3 is 0 Å². The van der Waals surface area contributed by atoms with E-state index in [0.29, 0.717) is 5.56 Å². The first kappa shape index (κ1) is 12.6. The molecule has 2 rings (SSSR count). The van der Waals surface area contributed by atoms with Gasteiger partial charge in [0.2, 0.25) is 0 Å². The number of nitrogens with one attached hydrogen (secondary N) is 1. The molecule has 0 saturated carbocycles. The lowest BCUT2D eigenvalue weighted by Crippen LogP contribution is -2.28. The second-order valence-electron chi connectivity index (χ2n) is 3.49. The Morgan fingerprint density at radius 3 is 2.24 bits per heavy atom. The zero-order valence-electron chi connectivity index (χ0n) is 8.58. The first-order chi connectivity index (χ1) is 8.10.